The van der Waals surface area contributed by atoms with Crippen molar-refractivity contribution in [2.24, 2.45) is 5.92 Å². The summed E-state index contributed by atoms with van der Waals surface area (Å²) in [5.41, 5.74) is 0.535. The van der Waals surface area contributed by atoms with Gasteiger partial charge in [-0.3, -0.25) is 0 Å². The predicted octanol–water partition coefficient (Wildman–Crippen LogP) is 2.66. The molecule has 2 saturated heterocycles. The summed E-state index contributed by atoms with van der Waals surface area (Å²) in [5, 5.41) is 3.78. The summed E-state index contributed by atoms with van der Waals surface area (Å²) in [6, 6.07) is 0. The minimum atomic E-state index is 0.535. The van der Waals surface area contributed by atoms with Crippen molar-refractivity contribution in [3.8, 4) is 0 Å². The Labute approximate surface area is 86.0 Å². The minimum absolute atomic E-state index is 0.535. The summed E-state index contributed by atoms with van der Waals surface area (Å²) in [4.78, 5) is 0. The van der Waals surface area contributed by atoms with Gasteiger partial charge in [-0.1, -0.05) is 6.92 Å². The zero-order chi connectivity index (χ0) is 9.15. The predicted molar refractivity (Wildman–Crippen MR) is 60.3 cm³/mol. The van der Waals surface area contributed by atoms with Crippen LogP contribution in [0.25, 0.3) is 0 Å². The molecule has 13 heavy (non-hydrogen) atoms. The molecular weight excluding hydrogens is 178 g/mol. The Balaban J connectivity index is 2.01. The molecule has 2 fully saturated rings. The van der Waals surface area contributed by atoms with Gasteiger partial charge in [0.2, 0.25) is 0 Å². The highest BCUT2D eigenvalue weighted by atomic mass is 32.2. The average molecular weight is 199 g/mol. The van der Waals surface area contributed by atoms with Gasteiger partial charge in [-0.05, 0) is 56.1 Å². The Morgan fingerprint density at radius 3 is 2.92 bits per heavy atom. The standard InChI is InChI=1S/C11H21NS/c1-2-11(6-4-7-12-11)10-5-3-8-13-9-10/h10,12H,2-9H2,1H3. The maximum absolute atomic E-state index is 3.78. The highest BCUT2D eigenvalue weighted by molar-refractivity contribution is 7.99. The Morgan fingerprint density at radius 2 is 2.38 bits per heavy atom. The van der Waals surface area contributed by atoms with Gasteiger partial charge in [0.15, 0.2) is 0 Å². The van der Waals surface area contributed by atoms with Gasteiger partial charge in [0.05, 0.1) is 0 Å². The fourth-order valence-corrected chi connectivity index (χ4v) is 4.25. The van der Waals surface area contributed by atoms with Crippen LogP contribution in [0.15, 0.2) is 0 Å². The van der Waals surface area contributed by atoms with Gasteiger partial charge >= 0.3 is 0 Å². The monoisotopic (exact) mass is 199 g/mol. The summed E-state index contributed by atoms with van der Waals surface area (Å²) in [7, 11) is 0. The molecule has 1 N–H and O–H groups in total. The Morgan fingerprint density at radius 1 is 1.46 bits per heavy atom. The Hall–Kier alpha value is 0.310. The summed E-state index contributed by atoms with van der Waals surface area (Å²) in [6.07, 6.45) is 7.06. The van der Waals surface area contributed by atoms with Crippen LogP contribution in [0, 0.1) is 5.92 Å². The molecule has 1 nitrogen and oxygen atoms in total. The van der Waals surface area contributed by atoms with Crippen LogP contribution in [-0.4, -0.2) is 23.6 Å². The zero-order valence-corrected chi connectivity index (χ0v) is 9.46. The summed E-state index contributed by atoms with van der Waals surface area (Å²) >= 11 is 2.16. The van der Waals surface area contributed by atoms with E-state index in [2.05, 4.69) is 24.0 Å². The van der Waals surface area contributed by atoms with Gasteiger partial charge in [0, 0.05) is 5.54 Å². The molecule has 0 aliphatic carbocycles. The van der Waals surface area contributed by atoms with Gasteiger partial charge in [0.25, 0.3) is 0 Å². The molecule has 0 radical (unpaired) electrons. The molecular formula is C11H21NS. The molecule has 76 valence electrons. The van der Waals surface area contributed by atoms with E-state index >= 15 is 0 Å². The molecule has 2 rings (SSSR count). The van der Waals surface area contributed by atoms with E-state index in [9.17, 15) is 0 Å². The third-order valence-electron chi connectivity index (χ3n) is 3.85. The largest absolute Gasteiger partial charge is 0.311 e. The lowest BCUT2D eigenvalue weighted by atomic mass is 9.79. The average Bonchev–Trinajstić information content (AvgIpc) is 2.69. The summed E-state index contributed by atoms with van der Waals surface area (Å²) < 4.78 is 0. The lowest BCUT2D eigenvalue weighted by molar-refractivity contribution is 0.232. The highest BCUT2D eigenvalue weighted by Crippen LogP contribution is 2.38. The fourth-order valence-electron chi connectivity index (χ4n) is 2.95. The van der Waals surface area contributed by atoms with Gasteiger partial charge < -0.3 is 5.32 Å². The van der Waals surface area contributed by atoms with Crippen LogP contribution in [0.2, 0.25) is 0 Å². The molecule has 0 amide bonds. The molecule has 2 heterocycles. The van der Waals surface area contributed by atoms with Crippen molar-refractivity contribution in [3.63, 3.8) is 0 Å². The first-order valence-electron chi connectivity index (χ1n) is 5.70. The molecule has 0 aromatic carbocycles. The van der Waals surface area contributed by atoms with Crippen LogP contribution < -0.4 is 5.32 Å². The van der Waals surface area contributed by atoms with E-state index in [1.165, 1.54) is 50.2 Å². The van der Waals surface area contributed by atoms with Crippen molar-refractivity contribution in [1.82, 2.24) is 5.32 Å². The van der Waals surface area contributed by atoms with Crippen molar-refractivity contribution < 1.29 is 0 Å². The van der Waals surface area contributed by atoms with Crippen LogP contribution in [-0.2, 0) is 0 Å². The van der Waals surface area contributed by atoms with Crippen molar-refractivity contribution in [1.29, 1.82) is 0 Å². The molecule has 2 aliphatic heterocycles. The molecule has 2 aliphatic rings. The van der Waals surface area contributed by atoms with Crippen LogP contribution in [0.4, 0.5) is 0 Å². The summed E-state index contributed by atoms with van der Waals surface area (Å²) in [6.45, 7) is 3.62. The SMILES string of the molecule is CCC1(C2CCCSC2)CCCN1. The van der Waals surface area contributed by atoms with E-state index in [-0.39, 0.29) is 0 Å². The molecule has 0 spiro atoms. The number of thioether (sulfide) groups is 1. The van der Waals surface area contributed by atoms with Crippen molar-refractivity contribution in [2.45, 2.75) is 44.6 Å². The van der Waals surface area contributed by atoms with E-state index in [1.807, 2.05) is 0 Å². The second-order valence-electron chi connectivity index (χ2n) is 4.45. The van der Waals surface area contributed by atoms with E-state index in [0.717, 1.165) is 5.92 Å². The van der Waals surface area contributed by atoms with Gasteiger partial charge in [0.1, 0.15) is 0 Å². The third kappa shape index (κ3) is 1.89. The topological polar surface area (TPSA) is 12.0 Å². The maximum Gasteiger partial charge on any atom is 0.0215 e. The van der Waals surface area contributed by atoms with E-state index in [1.54, 1.807) is 0 Å². The molecule has 2 heteroatoms. The number of hydrogen-bond acceptors (Lipinski definition) is 2. The van der Waals surface area contributed by atoms with Crippen molar-refractivity contribution >= 4 is 11.8 Å². The van der Waals surface area contributed by atoms with Crippen molar-refractivity contribution in [2.75, 3.05) is 18.1 Å². The van der Waals surface area contributed by atoms with Crippen LogP contribution in [0.1, 0.15) is 39.0 Å². The molecule has 2 unspecified atom stereocenters. The number of nitrogens with one attached hydrogen (secondary N) is 1. The van der Waals surface area contributed by atoms with E-state index in [0.29, 0.717) is 5.54 Å². The smallest absolute Gasteiger partial charge is 0.0215 e. The minimum Gasteiger partial charge on any atom is -0.311 e. The molecule has 0 bridgehead atoms. The van der Waals surface area contributed by atoms with Gasteiger partial charge in [-0.15, -0.1) is 0 Å². The van der Waals surface area contributed by atoms with Crippen LogP contribution in [0.5, 0.6) is 0 Å². The van der Waals surface area contributed by atoms with Gasteiger partial charge in [-0.2, -0.15) is 11.8 Å². The first-order valence-corrected chi connectivity index (χ1v) is 6.85. The van der Waals surface area contributed by atoms with Crippen LogP contribution >= 0.6 is 11.8 Å². The first kappa shape index (κ1) is 9.85. The lowest BCUT2D eigenvalue weighted by Gasteiger charge is -2.39. The zero-order valence-electron chi connectivity index (χ0n) is 8.64. The van der Waals surface area contributed by atoms with Crippen molar-refractivity contribution in [3.05, 3.63) is 0 Å². The third-order valence-corrected chi connectivity index (χ3v) is 5.06. The Bertz CT molecular complexity index is 157. The fraction of sp³-hybridized carbons (Fsp3) is 1.00. The molecule has 0 aromatic rings. The van der Waals surface area contributed by atoms with E-state index in [4.69, 9.17) is 0 Å². The number of rotatable bonds is 2. The lowest BCUT2D eigenvalue weighted by Crippen LogP contribution is -2.48. The van der Waals surface area contributed by atoms with Gasteiger partial charge in [-0.25, -0.2) is 0 Å². The second-order valence-corrected chi connectivity index (χ2v) is 5.60. The molecule has 2 atom stereocenters. The molecule has 0 saturated carbocycles. The Kier molecular flexibility index (Phi) is 3.20. The first-order chi connectivity index (χ1) is 6.37. The summed E-state index contributed by atoms with van der Waals surface area (Å²) in [5.74, 6) is 3.76. The van der Waals surface area contributed by atoms with Crippen LogP contribution in [0.3, 0.4) is 0 Å². The quantitative estimate of drug-likeness (QED) is 0.734. The van der Waals surface area contributed by atoms with E-state index < -0.39 is 0 Å². The number of hydrogen-bond donors (Lipinski definition) is 1. The highest BCUT2D eigenvalue weighted by Gasteiger charge is 2.39. The molecule has 0 aromatic heterocycles. The normalized spacial score (nSPS) is 40.8. The second kappa shape index (κ2) is 4.22. The maximum atomic E-state index is 3.78.